The summed E-state index contributed by atoms with van der Waals surface area (Å²) < 4.78 is 5.12. The van der Waals surface area contributed by atoms with Crippen LogP contribution in [0, 0.1) is 0 Å². The zero-order chi connectivity index (χ0) is 13.4. The van der Waals surface area contributed by atoms with Crippen molar-refractivity contribution in [2.45, 2.75) is 58.5 Å². The highest BCUT2D eigenvalue weighted by Gasteiger charge is 2.21. The molecule has 0 spiro atoms. The second-order valence-corrected chi connectivity index (χ2v) is 5.32. The minimum absolute atomic E-state index is 0.108. The SMILES string of the molecule is CCOC(=O)C(CCN1CCCCC1)NC(C)C. The number of esters is 1. The molecule has 0 aromatic carbocycles. The summed E-state index contributed by atoms with van der Waals surface area (Å²) in [5.74, 6) is -0.108. The van der Waals surface area contributed by atoms with E-state index < -0.39 is 0 Å². The Morgan fingerprint density at radius 2 is 1.94 bits per heavy atom. The molecule has 0 aliphatic carbocycles. The highest BCUT2D eigenvalue weighted by molar-refractivity contribution is 5.75. The fourth-order valence-electron chi connectivity index (χ4n) is 2.41. The topological polar surface area (TPSA) is 41.6 Å². The quantitative estimate of drug-likeness (QED) is 0.705. The van der Waals surface area contributed by atoms with E-state index in [2.05, 4.69) is 24.1 Å². The first kappa shape index (κ1) is 15.4. The molecule has 0 saturated carbocycles. The minimum atomic E-state index is -0.160. The van der Waals surface area contributed by atoms with Crippen LogP contribution in [0.25, 0.3) is 0 Å². The Hall–Kier alpha value is -0.610. The Kier molecular flexibility index (Phi) is 7.28. The number of ether oxygens (including phenoxy) is 1. The van der Waals surface area contributed by atoms with Gasteiger partial charge in [-0.25, -0.2) is 0 Å². The molecule has 0 radical (unpaired) electrons. The Labute approximate surface area is 111 Å². The van der Waals surface area contributed by atoms with E-state index in [4.69, 9.17) is 4.74 Å². The molecule has 1 saturated heterocycles. The molecule has 1 unspecified atom stereocenters. The number of likely N-dealkylation sites (tertiary alicyclic amines) is 1. The maximum Gasteiger partial charge on any atom is 0.323 e. The number of rotatable bonds is 7. The van der Waals surface area contributed by atoms with Crippen LogP contribution in [0.2, 0.25) is 0 Å². The van der Waals surface area contributed by atoms with Gasteiger partial charge in [-0.15, -0.1) is 0 Å². The molecule has 0 bridgehead atoms. The van der Waals surface area contributed by atoms with E-state index in [-0.39, 0.29) is 12.0 Å². The molecule has 1 aliphatic rings. The number of piperidine rings is 1. The van der Waals surface area contributed by atoms with Crippen LogP contribution in [0.15, 0.2) is 0 Å². The fraction of sp³-hybridized carbons (Fsp3) is 0.929. The lowest BCUT2D eigenvalue weighted by Crippen LogP contribution is -2.44. The van der Waals surface area contributed by atoms with Gasteiger partial charge in [0.15, 0.2) is 0 Å². The molecule has 4 heteroatoms. The van der Waals surface area contributed by atoms with Gasteiger partial charge in [0.2, 0.25) is 0 Å². The van der Waals surface area contributed by atoms with Gasteiger partial charge in [0, 0.05) is 12.6 Å². The first-order valence-electron chi connectivity index (χ1n) is 7.28. The van der Waals surface area contributed by atoms with Gasteiger partial charge in [0.05, 0.1) is 6.61 Å². The van der Waals surface area contributed by atoms with Gasteiger partial charge in [-0.2, -0.15) is 0 Å². The monoisotopic (exact) mass is 256 g/mol. The second-order valence-electron chi connectivity index (χ2n) is 5.32. The van der Waals surface area contributed by atoms with Crippen molar-refractivity contribution in [1.82, 2.24) is 10.2 Å². The third-order valence-electron chi connectivity index (χ3n) is 3.29. The van der Waals surface area contributed by atoms with E-state index in [0.717, 1.165) is 13.0 Å². The van der Waals surface area contributed by atoms with E-state index in [1.807, 2.05) is 6.92 Å². The maximum absolute atomic E-state index is 11.8. The first-order chi connectivity index (χ1) is 8.63. The summed E-state index contributed by atoms with van der Waals surface area (Å²) in [6.45, 7) is 9.78. The zero-order valence-electron chi connectivity index (χ0n) is 12.1. The average Bonchev–Trinajstić information content (AvgIpc) is 2.35. The number of nitrogens with one attached hydrogen (secondary N) is 1. The van der Waals surface area contributed by atoms with Crippen molar-refractivity contribution >= 4 is 5.97 Å². The third kappa shape index (κ3) is 5.83. The predicted molar refractivity (Wildman–Crippen MR) is 73.6 cm³/mol. The van der Waals surface area contributed by atoms with Crippen molar-refractivity contribution in [1.29, 1.82) is 0 Å². The van der Waals surface area contributed by atoms with Gasteiger partial charge in [-0.05, 0) is 39.3 Å². The summed E-state index contributed by atoms with van der Waals surface area (Å²) in [6.07, 6.45) is 4.78. The summed E-state index contributed by atoms with van der Waals surface area (Å²) in [5.41, 5.74) is 0. The van der Waals surface area contributed by atoms with Crippen LogP contribution >= 0.6 is 0 Å². The number of carbonyl (C=O) groups excluding carboxylic acids is 1. The fourth-order valence-corrected chi connectivity index (χ4v) is 2.41. The highest BCUT2D eigenvalue weighted by atomic mass is 16.5. The molecular formula is C14H28N2O2. The van der Waals surface area contributed by atoms with Gasteiger partial charge in [-0.1, -0.05) is 20.3 Å². The lowest BCUT2D eigenvalue weighted by Gasteiger charge is -2.28. The minimum Gasteiger partial charge on any atom is -0.465 e. The third-order valence-corrected chi connectivity index (χ3v) is 3.29. The van der Waals surface area contributed by atoms with Crippen LogP contribution in [-0.4, -0.2) is 49.2 Å². The number of hydrogen-bond donors (Lipinski definition) is 1. The Morgan fingerprint density at radius 1 is 1.28 bits per heavy atom. The van der Waals surface area contributed by atoms with Crippen molar-refractivity contribution in [2.75, 3.05) is 26.2 Å². The van der Waals surface area contributed by atoms with E-state index in [0.29, 0.717) is 12.6 Å². The van der Waals surface area contributed by atoms with Crippen LogP contribution in [-0.2, 0) is 9.53 Å². The molecule has 18 heavy (non-hydrogen) atoms. The van der Waals surface area contributed by atoms with Crippen molar-refractivity contribution in [2.24, 2.45) is 0 Å². The first-order valence-corrected chi connectivity index (χ1v) is 7.28. The van der Waals surface area contributed by atoms with Crippen molar-refractivity contribution in [3.63, 3.8) is 0 Å². The smallest absolute Gasteiger partial charge is 0.323 e. The molecule has 0 amide bonds. The van der Waals surface area contributed by atoms with E-state index in [1.54, 1.807) is 0 Å². The highest BCUT2D eigenvalue weighted by Crippen LogP contribution is 2.10. The van der Waals surface area contributed by atoms with Gasteiger partial charge < -0.3 is 15.0 Å². The largest absolute Gasteiger partial charge is 0.465 e. The van der Waals surface area contributed by atoms with Crippen LogP contribution in [0.4, 0.5) is 0 Å². The molecule has 1 atom stereocenters. The zero-order valence-corrected chi connectivity index (χ0v) is 12.1. The normalized spacial score (nSPS) is 18.9. The van der Waals surface area contributed by atoms with Gasteiger partial charge in [0.25, 0.3) is 0 Å². The van der Waals surface area contributed by atoms with Gasteiger partial charge >= 0.3 is 5.97 Å². The summed E-state index contributed by atoms with van der Waals surface area (Å²) in [4.78, 5) is 14.3. The maximum atomic E-state index is 11.8. The molecule has 106 valence electrons. The molecular weight excluding hydrogens is 228 g/mol. The molecule has 0 aromatic rings. The van der Waals surface area contributed by atoms with E-state index >= 15 is 0 Å². The molecule has 4 nitrogen and oxygen atoms in total. The Balaban J connectivity index is 2.36. The van der Waals surface area contributed by atoms with Crippen LogP contribution in [0.5, 0.6) is 0 Å². The predicted octanol–water partition coefficient (Wildman–Crippen LogP) is 1.79. The van der Waals surface area contributed by atoms with Gasteiger partial charge in [-0.3, -0.25) is 4.79 Å². The molecule has 1 heterocycles. The van der Waals surface area contributed by atoms with Crippen LogP contribution in [0.1, 0.15) is 46.5 Å². The lowest BCUT2D eigenvalue weighted by atomic mass is 10.1. The molecule has 1 N–H and O–H groups in total. The molecule has 1 aliphatic heterocycles. The number of hydrogen-bond acceptors (Lipinski definition) is 4. The van der Waals surface area contributed by atoms with Crippen molar-refractivity contribution in [3.05, 3.63) is 0 Å². The van der Waals surface area contributed by atoms with E-state index in [1.165, 1.54) is 32.4 Å². The van der Waals surface area contributed by atoms with E-state index in [9.17, 15) is 4.79 Å². The van der Waals surface area contributed by atoms with Crippen molar-refractivity contribution < 1.29 is 9.53 Å². The van der Waals surface area contributed by atoms with Gasteiger partial charge in [0.1, 0.15) is 6.04 Å². The standard InChI is InChI=1S/C14H28N2O2/c1-4-18-14(17)13(15-12(2)3)8-11-16-9-6-5-7-10-16/h12-13,15H,4-11H2,1-3H3. The Bertz CT molecular complexity index is 238. The second kappa shape index (κ2) is 8.48. The summed E-state index contributed by atoms with van der Waals surface area (Å²) in [7, 11) is 0. The lowest BCUT2D eigenvalue weighted by molar-refractivity contribution is -0.146. The average molecular weight is 256 g/mol. The summed E-state index contributed by atoms with van der Waals surface area (Å²) in [6, 6.07) is 0.146. The summed E-state index contributed by atoms with van der Waals surface area (Å²) >= 11 is 0. The number of nitrogens with zero attached hydrogens (tertiary/aromatic N) is 1. The van der Waals surface area contributed by atoms with Crippen molar-refractivity contribution in [3.8, 4) is 0 Å². The summed E-state index contributed by atoms with van der Waals surface area (Å²) in [5, 5.41) is 3.30. The van der Waals surface area contributed by atoms with Crippen LogP contribution in [0.3, 0.4) is 0 Å². The van der Waals surface area contributed by atoms with Crippen LogP contribution < -0.4 is 5.32 Å². The molecule has 1 fully saturated rings. The Morgan fingerprint density at radius 3 is 2.50 bits per heavy atom. The molecule has 0 aromatic heterocycles. The molecule has 1 rings (SSSR count). The number of carbonyl (C=O) groups is 1.